The number of carbonyl (C=O) groups is 1. The Morgan fingerprint density at radius 2 is 2.11 bits per heavy atom. The lowest BCUT2D eigenvalue weighted by Gasteiger charge is -2.33. The molecule has 0 bridgehead atoms. The highest BCUT2D eigenvalue weighted by Crippen LogP contribution is 2.31. The Hall–Kier alpha value is -1.61. The second kappa shape index (κ2) is 5.57. The number of benzene rings is 1. The fraction of sp³-hybridized carbons (Fsp3) is 0.438. The molecule has 2 unspecified atom stereocenters. The molecule has 19 heavy (non-hydrogen) atoms. The minimum absolute atomic E-state index is 0.158. The number of hydrogen-bond donors (Lipinski definition) is 1. The van der Waals surface area contributed by atoms with Crippen molar-refractivity contribution in [1.29, 1.82) is 0 Å². The minimum atomic E-state index is 0.158. The standard InChI is InChI=1S/C16H19NO2/c18-16-9-6-13-10-14(7-8-15(13)17-16)19-11-12-4-2-1-3-5-12/h1-5,8,13-14H,6-7,9-11H2,(H,17,18). The van der Waals surface area contributed by atoms with Crippen LogP contribution in [0.3, 0.4) is 0 Å². The van der Waals surface area contributed by atoms with Gasteiger partial charge < -0.3 is 10.1 Å². The number of amides is 1. The topological polar surface area (TPSA) is 38.3 Å². The molecular weight excluding hydrogens is 238 g/mol. The van der Waals surface area contributed by atoms with Crippen LogP contribution in [0.25, 0.3) is 0 Å². The molecule has 1 saturated heterocycles. The summed E-state index contributed by atoms with van der Waals surface area (Å²) in [6.07, 6.45) is 5.96. The summed E-state index contributed by atoms with van der Waals surface area (Å²) in [5, 5.41) is 2.98. The summed E-state index contributed by atoms with van der Waals surface area (Å²) >= 11 is 0. The molecule has 0 spiro atoms. The van der Waals surface area contributed by atoms with Gasteiger partial charge in [-0.05, 0) is 24.8 Å². The molecule has 0 radical (unpaired) electrons. The highest BCUT2D eigenvalue weighted by molar-refractivity contribution is 5.79. The van der Waals surface area contributed by atoms with Gasteiger partial charge in [-0.2, -0.15) is 0 Å². The summed E-state index contributed by atoms with van der Waals surface area (Å²) in [7, 11) is 0. The van der Waals surface area contributed by atoms with E-state index in [1.165, 1.54) is 5.56 Å². The molecule has 0 aromatic heterocycles. The quantitative estimate of drug-likeness (QED) is 0.904. The largest absolute Gasteiger partial charge is 0.373 e. The zero-order valence-electron chi connectivity index (χ0n) is 11.0. The Labute approximate surface area is 113 Å². The van der Waals surface area contributed by atoms with Gasteiger partial charge in [-0.1, -0.05) is 36.4 Å². The maximum atomic E-state index is 11.3. The molecule has 1 aromatic carbocycles. The Morgan fingerprint density at radius 1 is 1.26 bits per heavy atom. The lowest BCUT2D eigenvalue weighted by Crippen LogP contribution is -2.37. The van der Waals surface area contributed by atoms with Crippen molar-refractivity contribution in [3.63, 3.8) is 0 Å². The van der Waals surface area contributed by atoms with Crippen LogP contribution in [0.2, 0.25) is 0 Å². The summed E-state index contributed by atoms with van der Waals surface area (Å²) < 4.78 is 5.99. The Balaban J connectivity index is 1.55. The van der Waals surface area contributed by atoms with E-state index in [-0.39, 0.29) is 12.0 Å². The number of carbonyl (C=O) groups excluding carboxylic acids is 1. The third kappa shape index (κ3) is 3.04. The number of piperidine rings is 1. The highest BCUT2D eigenvalue weighted by atomic mass is 16.5. The van der Waals surface area contributed by atoms with Gasteiger partial charge >= 0.3 is 0 Å². The molecular formula is C16H19NO2. The van der Waals surface area contributed by atoms with Gasteiger partial charge in [-0.3, -0.25) is 4.79 Å². The van der Waals surface area contributed by atoms with Gasteiger partial charge in [0.1, 0.15) is 0 Å². The fourth-order valence-corrected chi connectivity index (χ4v) is 2.85. The molecule has 2 aliphatic rings. The number of nitrogens with one attached hydrogen (secondary N) is 1. The molecule has 1 aromatic rings. The van der Waals surface area contributed by atoms with E-state index >= 15 is 0 Å². The molecule has 1 aliphatic heterocycles. The van der Waals surface area contributed by atoms with E-state index in [0.29, 0.717) is 18.9 Å². The van der Waals surface area contributed by atoms with Crippen molar-refractivity contribution in [3.05, 3.63) is 47.7 Å². The molecule has 2 atom stereocenters. The molecule has 100 valence electrons. The first-order valence-corrected chi connectivity index (χ1v) is 6.96. The molecule has 1 aliphatic carbocycles. The molecule has 1 N–H and O–H groups in total. The second-order valence-corrected chi connectivity index (χ2v) is 5.33. The average molecular weight is 257 g/mol. The predicted molar refractivity (Wildman–Crippen MR) is 73.2 cm³/mol. The molecule has 0 saturated carbocycles. The molecule has 1 heterocycles. The van der Waals surface area contributed by atoms with Gasteiger partial charge in [0, 0.05) is 18.0 Å². The van der Waals surface area contributed by atoms with Crippen molar-refractivity contribution in [3.8, 4) is 0 Å². The zero-order chi connectivity index (χ0) is 13.1. The molecule has 1 amide bonds. The lowest BCUT2D eigenvalue weighted by molar-refractivity contribution is -0.122. The SMILES string of the molecule is O=C1CCC2CC(OCc3ccccc3)CC=C2N1. The minimum Gasteiger partial charge on any atom is -0.373 e. The first kappa shape index (κ1) is 12.4. The van der Waals surface area contributed by atoms with E-state index in [9.17, 15) is 4.79 Å². The summed E-state index contributed by atoms with van der Waals surface area (Å²) in [4.78, 5) is 11.3. The first-order chi connectivity index (χ1) is 9.31. The zero-order valence-corrected chi connectivity index (χ0v) is 11.0. The van der Waals surface area contributed by atoms with E-state index < -0.39 is 0 Å². The van der Waals surface area contributed by atoms with Gasteiger partial charge in [0.05, 0.1) is 12.7 Å². The van der Waals surface area contributed by atoms with Crippen molar-refractivity contribution in [2.24, 2.45) is 5.92 Å². The average Bonchev–Trinajstić information content (AvgIpc) is 2.46. The van der Waals surface area contributed by atoms with Crippen LogP contribution in [0, 0.1) is 5.92 Å². The van der Waals surface area contributed by atoms with Gasteiger partial charge in [0.2, 0.25) is 5.91 Å². The first-order valence-electron chi connectivity index (χ1n) is 6.96. The van der Waals surface area contributed by atoms with E-state index in [0.717, 1.165) is 25.0 Å². The highest BCUT2D eigenvalue weighted by Gasteiger charge is 2.29. The maximum Gasteiger partial charge on any atom is 0.224 e. The summed E-state index contributed by atoms with van der Waals surface area (Å²) in [6, 6.07) is 10.3. The molecule has 1 fully saturated rings. The van der Waals surface area contributed by atoms with E-state index in [4.69, 9.17) is 4.74 Å². The third-order valence-electron chi connectivity index (χ3n) is 3.92. The maximum absolute atomic E-state index is 11.3. The fourth-order valence-electron chi connectivity index (χ4n) is 2.85. The third-order valence-corrected chi connectivity index (χ3v) is 3.92. The Bertz CT molecular complexity index is 481. The Kier molecular flexibility index (Phi) is 3.65. The van der Waals surface area contributed by atoms with Crippen LogP contribution in [0.5, 0.6) is 0 Å². The van der Waals surface area contributed by atoms with Crippen molar-refractivity contribution in [2.45, 2.75) is 38.4 Å². The van der Waals surface area contributed by atoms with E-state index in [1.54, 1.807) is 0 Å². The summed E-state index contributed by atoms with van der Waals surface area (Å²) in [6.45, 7) is 0.674. The number of ether oxygens (including phenoxy) is 1. The lowest BCUT2D eigenvalue weighted by atomic mass is 9.84. The predicted octanol–water partition coefficient (Wildman–Crippen LogP) is 2.78. The van der Waals surface area contributed by atoms with Crippen LogP contribution >= 0.6 is 0 Å². The Morgan fingerprint density at radius 3 is 2.95 bits per heavy atom. The smallest absolute Gasteiger partial charge is 0.224 e. The van der Waals surface area contributed by atoms with Crippen LogP contribution in [0.4, 0.5) is 0 Å². The van der Waals surface area contributed by atoms with E-state index in [1.807, 2.05) is 18.2 Å². The number of allylic oxidation sites excluding steroid dienone is 1. The second-order valence-electron chi connectivity index (χ2n) is 5.33. The van der Waals surface area contributed by atoms with Crippen molar-refractivity contribution in [2.75, 3.05) is 0 Å². The normalized spacial score (nSPS) is 26.3. The summed E-state index contributed by atoms with van der Waals surface area (Å²) in [5.41, 5.74) is 2.34. The molecule has 3 heteroatoms. The van der Waals surface area contributed by atoms with Crippen LogP contribution in [0.15, 0.2) is 42.1 Å². The van der Waals surface area contributed by atoms with Gasteiger partial charge in [0.25, 0.3) is 0 Å². The number of rotatable bonds is 3. The number of hydrogen-bond acceptors (Lipinski definition) is 2. The van der Waals surface area contributed by atoms with Gasteiger partial charge in [-0.25, -0.2) is 0 Å². The van der Waals surface area contributed by atoms with Crippen molar-refractivity contribution in [1.82, 2.24) is 5.32 Å². The van der Waals surface area contributed by atoms with Gasteiger partial charge in [-0.15, -0.1) is 0 Å². The monoisotopic (exact) mass is 257 g/mol. The summed E-state index contributed by atoms with van der Waals surface area (Å²) in [5.74, 6) is 0.637. The van der Waals surface area contributed by atoms with Crippen molar-refractivity contribution < 1.29 is 9.53 Å². The van der Waals surface area contributed by atoms with Crippen molar-refractivity contribution >= 4 is 5.91 Å². The van der Waals surface area contributed by atoms with E-state index in [2.05, 4.69) is 23.5 Å². The van der Waals surface area contributed by atoms with Crippen LogP contribution < -0.4 is 5.32 Å². The molecule has 3 rings (SSSR count). The number of fused-ring (bicyclic) bond motifs is 1. The molecule has 3 nitrogen and oxygen atoms in total. The van der Waals surface area contributed by atoms with Gasteiger partial charge in [0.15, 0.2) is 0 Å². The van der Waals surface area contributed by atoms with Crippen LogP contribution in [0.1, 0.15) is 31.2 Å². The van der Waals surface area contributed by atoms with Crippen LogP contribution in [-0.2, 0) is 16.1 Å². The van der Waals surface area contributed by atoms with Crippen LogP contribution in [-0.4, -0.2) is 12.0 Å².